The molecule has 0 unspecified atom stereocenters. The molecule has 0 radical (unpaired) electrons. The minimum Gasteiger partial charge on any atom is -0.406 e. The van der Waals surface area contributed by atoms with Gasteiger partial charge >= 0.3 is 12.5 Å². The molecule has 2 rings (SSSR count). The lowest BCUT2D eigenvalue weighted by atomic mass is 10.0. The second-order valence-corrected chi connectivity index (χ2v) is 4.70. The van der Waals surface area contributed by atoms with Crippen LogP contribution < -0.4 is 10.5 Å². The van der Waals surface area contributed by atoms with Crippen LogP contribution in [0, 0.1) is 0 Å². The molecule has 0 amide bonds. The van der Waals surface area contributed by atoms with Crippen molar-refractivity contribution in [3.05, 3.63) is 53.6 Å². The van der Waals surface area contributed by atoms with Crippen LogP contribution in [0.15, 0.2) is 42.5 Å². The van der Waals surface area contributed by atoms with E-state index in [1.165, 1.54) is 18.2 Å². The first-order valence-corrected chi connectivity index (χ1v) is 6.36. The van der Waals surface area contributed by atoms with Crippen LogP contribution in [0.1, 0.15) is 11.1 Å². The van der Waals surface area contributed by atoms with E-state index in [-0.39, 0.29) is 17.7 Å². The van der Waals surface area contributed by atoms with E-state index in [9.17, 15) is 26.3 Å². The van der Waals surface area contributed by atoms with E-state index in [2.05, 4.69) is 4.74 Å². The maximum atomic E-state index is 12.7. The van der Waals surface area contributed by atoms with E-state index in [4.69, 9.17) is 5.73 Å². The van der Waals surface area contributed by atoms with Gasteiger partial charge in [-0.2, -0.15) is 13.2 Å². The van der Waals surface area contributed by atoms with Gasteiger partial charge < -0.3 is 10.5 Å². The highest BCUT2D eigenvalue weighted by atomic mass is 19.4. The molecule has 2 aromatic rings. The molecule has 23 heavy (non-hydrogen) atoms. The van der Waals surface area contributed by atoms with Gasteiger partial charge in [0, 0.05) is 6.54 Å². The molecule has 0 saturated carbocycles. The fourth-order valence-electron chi connectivity index (χ4n) is 2.01. The second kappa shape index (κ2) is 6.11. The Labute approximate surface area is 127 Å². The van der Waals surface area contributed by atoms with E-state index < -0.39 is 23.9 Å². The molecule has 0 spiro atoms. The first-order chi connectivity index (χ1) is 10.6. The van der Waals surface area contributed by atoms with E-state index >= 15 is 0 Å². The minimum atomic E-state index is -4.90. The second-order valence-electron chi connectivity index (χ2n) is 4.70. The topological polar surface area (TPSA) is 35.2 Å². The van der Waals surface area contributed by atoms with Gasteiger partial charge in [-0.05, 0) is 47.0 Å². The number of rotatable bonds is 3. The number of nitrogens with two attached hydrogens (primary N) is 1. The molecule has 0 aromatic heterocycles. The van der Waals surface area contributed by atoms with Gasteiger partial charge in [0.15, 0.2) is 0 Å². The smallest absolute Gasteiger partial charge is 0.406 e. The Hall–Kier alpha value is -2.22. The highest BCUT2D eigenvalue weighted by molar-refractivity contribution is 5.67. The molecule has 2 aromatic carbocycles. The highest BCUT2D eigenvalue weighted by Crippen LogP contribution is 2.34. The summed E-state index contributed by atoms with van der Waals surface area (Å²) in [6, 6.07) is 7.79. The Morgan fingerprint density at radius 1 is 0.870 bits per heavy atom. The van der Waals surface area contributed by atoms with Crippen molar-refractivity contribution in [2.24, 2.45) is 5.73 Å². The first-order valence-electron chi connectivity index (χ1n) is 6.36. The molecule has 2 N–H and O–H groups in total. The van der Waals surface area contributed by atoms with Gasteiger partial charge in [0.1, 0.15) is 5.75 Å². The number of hydrogen-bond acceptors (Lipinski definition) is 2. The number of ether oxygens (including phenoxy) is 1. The third kappa shape index (κ3) is 4.62. The van der Waals surface area contributed by atoms with Crippen molar-refractivity contribution in [2.75, 3.05) is 0 Å². The summed E-state index contributed by atoms with van der Waals surface area (Å²) in [6.45, 7) is -0.0823. The molecule has 0 atom stereocenters. The summed E-state index contributed by atoms with van der Waals surface area (Å²) in [7, 11) is 0. The zero-order valence-corrected chi connectivity index (χ0v) is 11.5. The van der Waals surface area contributed by atoms with Crippen molar-refractivity contribution in [1.29, 1.82) is 0 Å². The van der Waals surface area contributed by atoms with Gasteiger partial charge in [0.25, 0.3) is 0 Å². The maximum absolute atomic E-state index is 12.7. The lowest BCUT2D eigenvalue weighted by molar-refractivity contribution is -0.274. The van der Waals surface area contributed by atoms with Gasteiger partial charge in [-0.25, -0.2) is 0 Å². The average Bonchev–Trinajstić information content (AvgIpc) is 2.44. The van der Waals surface area contributed by atoms with Crippen molar-refractivity contribution < 1.29 is 31.1 Å². The number of halogens is 6. The summed E-state index contributed by atoms with van der Waals surface area (Å²) < 4.78 is 79.0. The summed E-state index contributed by atoms with van der Waals surface area (Å²) in [6.07, 6.45) is -9.45. The maximum Gasteiger partial charge on any atom is 0.573 e. The van der Waals surface area contributed by atoms with Crippen LogP contribution in [-0.2, 0) is 12.7 Å². The highest BCUT2D eigenvalue weighted by Gasteiger charge is 2.32. The van der Waals surface area contributed by atoms with Crippen LogP contribution in [0.4, 0.5) is 26.3 Å². The Morgan fingerprint density at radius 3 is 2.13 bits per heavy atom. The normalized spacial score (nSPS) is 12.3. The average molecular weight is 335 g/mol. The van der Waals surface area contributed by atoms with E-state index in [0.29, 0.717) is 5.56 Å². The van der Waals surface area contributed by atoms with Crippen LogP contribution in [-0.4, -0.2) is 6.36 Å². The van der Waals surface area contributed by atoms with Crippen LogP contribution >= 0.6 is 0 Å². The number of hydrogen-bond donors (Lipinski definition) is 1. The fraction of sp³-hybridized carbons (Fsp3) is 0.200. The van der Waals surface area contributed by atoms with Crippen molar-refractivity contribution in [3.63, 3.8) is 0 Å². The van der Waals surface area contributed by atoms with Crippen LogP contribution in [0.5, 0.6) is 5.75 Å². The molecular weight excluding hydrogens is 324 g/mol. The van der Waals surface area contributed by atoms with Crippen LogP contribution in [0.2, 0.25) is 0 Å². The third-order valence-corrected chi connectivity index (χ3v) is 2.96. The lowest BCUT2D eigenvalue weighted by Crippen LogP contribution is -2.17. The largest absolute Gasteiger partial charge is 0.573 e. The molecule has 0 aliphatic carbocycles. The Bertz CT molecular complexity index is 693. The molecule has 124 valence electrons. The Morgan fingerprint density at radius 2 is 1.57 bits per heavy atom. The van der Waals surface area contributed by atoms with E-state index in [0.717, 1.165) is 24.3 Å². The lowest BCUT2D eigenvalue weighted by Gasteiger charge is -2.13. The molecular formula is C15H11F6NO. The quantitative estimate of drug-likeness (QED) is 0.823. The first kappa shape index (κ1) is 17.1. The van der Waals surface area contributed by atoms with Gasteiger partial charge in [-0.15, -0.1) is 13.2 Å². The molecule has 8 heteroatoms. The summed E-state index contributed by atoms with van der Waals surface area (Å²) in [4.78, 5) is 0. The zero-order chi connectivity index (χ0) is 17.3. The molecule has 0 saturated heterocycles. The SMILES string of the molecule is NCc1cc(OC(F)(F)F)cc(-c2cccc(C(F)(F)F)c2)c1. The summed E-state index contributed by atoms with van der Waals surface area (Å²) in [5.74, 6) is -0.534. The van der Waals surface area contributed by atoms with Crippen molar-refractivity contribution in [1.82, 2.24) is 0 Å². The molecule has 0 bridgehead atoms. The molecule has 0 aliphatic heterocycles. The molecule has 0 heterocycles. The van der Waals surface area contributed by atoms with Crippen molar-refractivity contribution >= 4 is 0 Å². The molecule has 0 aliphatic rings. The Balaban J connectivity index is 2.48. The standard InChI is InChI=1S/C15H11F6NO/c16-14(17,18)12-3-1-2-10(6-12)11-4-9(8-22)5-13(7-11)23-15(19,20)21/h1-7H,8,22H2. The number of benzene rings is 2. The third-order valence-electron chi connectivity index (χ3n) is 2.96. The van der Waals surface area contributed by atoms with Crippen LogP contribution in [0.25, 0.3) is 11.1 Å². The fourth-order valence-corrected chi connectivity index (χ4v) is 2.01. The zero-order valence-electron chi connectivity index (χ0n) is 11.5. The Kier molecular flexibility index (Phi) is 4.56. The van der Waals surface area contributed by atoms with Gasteiger partial charge in [-0.1, -0.05) is 12.1 Å². The van der Waals surface area contributed by atoms with E-state index in [1.807, 2.05) is 0 Å². The van der Waals surface area contributed by atoms with Crippen molar-refractivity contribution in [2.45, 2.75) is 19.1 Å². The summed E-state index contributed by atoms with van der Waals surface area (Å²) in [5, 5.41) is 0. The van der Waals surface area contributed by atoms with Gasteiger partial charge in [-0.3, -0.25) is 0 Å². The van der Waals surface area contributed by atoms with Crippen molar-refractivity contribution in [3.8, 4) is 16.9 Å². The van der Waals surface area contributed by atoms with Gasteiger partial charge in [0.05, 0.1) is 5.56 Å². The number of alkyl halides is 6. The van der Waals surface area contributed by atoms with Gasteiger partial charge in [0.2, 0.25) is 0 Å². The van der Waals surface area contributed by atoms with Crippen LogP contribution in [0.3, 0.4) is 0 Å². The summed E-state index contributed by atoms with van der Waals surface area (Å²) in [5.41, 5.74) is 5.08. The molecule has 0 fully saturated rings. The summed E-state index contributed by atoms with van der Waals surface area (Å²) >= 11 is 0. The minimum absolute atomic E-state index is 0.0823. The monoisotopic (exact) mass is 335 g/mol. The predicted octanol–water partition coefficient (Wildman–Crippen LogP) is 4.73. The predicted molar refractivity (Wildman–Crippen MR) is 71.5 cm³/mol. The van der Waals surface area contributed by atoms with E-state index in [1.54, 1.807) is 0 Å². The molecule has 2 nitrogen and oxygen atoms in total.